The summed E-state index contributed by atoms with van der Waals surface area (Å²) in [4.78, 5) is 55.8. The Morgan fingerprint density at radius 1 is 1.21 bits per heavy atom. The zero-order valence-corrected chi connectivity index (χ0v) is 18.3. The molecular formula is C23H20N4O7. The van der Waals surface area contributed by atoms with Crippen LogP contribution in [-0.4, -0.2) is 54.5 Å². The van der Waals surface area contributed by atoms with E-state index in [0.29, 0.717) is 22.4 Å². The Bertz CT molecular complexity index is 1360. The van der Waals surface area contributed by atoms with Gasteiger partial charge < -0.3 is 18.8 Å². The molecule has 0 aliphatic carbocycles. The molecule has 3 aromatic rings. The molecule has 0 radical (unpaired) electrons. The number of aromatic nitrogens is 1. The predicted molar refractivity (Wildman–Crippen MR) is 117 cm³/mol. The van der Waals surface area contributed by atoms with Crippen LogP contribution in [0.4, 0.5) is 10.6 Å². The zero-order chi connectivity index (χ0) is 24.0. The molecule has 34 heavy (non-hydrogen) atoms. The maximum atomic E-state index is 13.1. The van der Waals surface area contributed by atoms with Crippen molar-refractivity contribution in [2.45, 2.75) is 18.4 Å². The van der Waals surface area contributed by atoms with Crippen molar-refractivity contribution in [2.24, 2.45) is 0 Å². The Hall–Kier alpha value is -4.41. The molecule has 11 heteroatoms. The van der Waals surface area contributed by atoms with Gasteiger partial charge in [-0.15, -0.1) is 0 Å². The predicted octanol–water partition coefficient (Wildman–Crippen LogP) is 1.95. The van der Waals surface area contributed by atoms with E-state index >= 15 is 0 Å². The van der Waals surface area contributed by atoms with Crippen molar-refractivity contribution in [3.8, 4) is 5.75 Å². The van der Waals surface area contributed by atoms with Crippen LogP contribution in [0.25, 0.3) is 11.1 Å². The molecule has 1 fully saturated rings. The third-order valence-electron chi connectivity index (χ3n) is 6.07. The van der Waals surface area contributed by atoms with E-state index in [2.05, 4.69) is 20.4 Å². The minimum Gasteiger partial charge on any atom is -0.497 e. The lowest BCUT2D eigenvalue weighted by Crippen LogP contribution is -2.46. The van der Waals surface area contributed by atoms with Crippen LogP contribution in [0.1, 0.15) is 28.1 Å². The van der Waals surface area contributed by atoms with Crippen LogP contribution >= 0.6 is 0 Å². The van der Waals surface area contributed by atoms with Crippen LogP contribution in [0.3, 0.4) is 0 Å². The van der Waals surface area contributed by atoms with E-state index in [9.17, 15) is 19.2 Å². The first kappa shape index (κ1) is 21.4. The average molecular weight is 464 g/mol. The second-order valence-electron chi connectivity index (χ2n) is 8.13. The number of pyridine rings is 1. The normalized spacial score (nSPS) is 19.4. The van der Waals surface area contributed by atoms with Crippen LogP contribution in [0.15, 0.2) is 40.8 Å². The van der Waals surface area contributed by atoms with Crippen molar-refractivity contribution in [3.63, 3.8) is 0 Å². The van der Waals surface area contributed by atoms with Crippen molar-refractivity contribution in [3.05, 3.63) is 53.3 Å². The topological polar surface area (TPSA) is 140 Å². The second kappa shape index (κ2) is 7.87. The molecule has 0 bridgehead atoms. The highest BCUT2D eigenvalue weighted by atomic mass is 16.5. The van der Waals surface area contributed by atoms with E-state index in [1.54, 1.807) is 30.3 Å². The van der Waals surface area contributed by atoms with Gasteiger partial charge in [-0.1, -0.05) is 6.07 Å². The summed E-state index contributed by atoms with van der Waals surface area (Å²) in [5, 5.41) is 4.80. The zero-order valence-electron chi connectivity index (χ0n) is 18.3. The minimum atomic E-state index is -1.42. The number of furan rings is 1. The Morgan fingerprint density at radius 3 is 2.74 bits per heavy atom. The molecule has 0 unspecified atom stereocenters. The number of amides is 4. The van der Waals surface area contributed by atoms with Crippen LogP contribution < -0.4 is 15.4 Å². The van der Waals surface area contributed by atoms with Gasteiger partial charge in [0.2, 0.25) is 11.8 Å². The van der Waals surface area contributed by atoms with Crippen LogP contribution in [-0.2, 0) is 26.3 Å². The number of fused-ring (bicyclic) bond motifs is 2. The summed E-state index contributed by atoms with van der Waals surface area (Å²) >= 11 is 0. The Labute approximate surface area is 193 Å². The average Bonchev–Trinajstić information content (AvgIpc) is 3.47. The minimum absolute atomic E-state index is 0.0620. The van der Waals surface area contributed by atoms with Crippen LogP contribution in [0.5, 0.6) is 5.75 Å². The summed E-state index contributed by atoms with van der Waals surface area (Å²) < 4.78 is 15.7. The lowest BCUT2D eigenvalue weighted by atomic mass is 9.82. The molecule has 4 amide bonds. The first-order chi connectivity index (χ1) is 16.3. The number of nitrogens with one attached hydrogen (secondary N) is 2. The van der Waals surface area contributed by atoms with Gasteiger partial charge in [-0.25, -0.2) is 9.78 Å². The number of hydrogen-bond donors (Lipinski definition) is 2. The number of carbonyl (C=O) groups excluding carboxylic acids is 4. The standard InChI is InChI=1S/C23H20N4O7/c1-32-13-4-3-12-10-27(20(29)14(12)7-13)11-23(9-19(28)26-21(23)30)17-8-15-16(34-17)5-6-18(24-15)25-22(31)33-2/h3-8H,9-11H2,1-2H3,(H,24,25,31)(H,26,28,30)/t23-/m1/s1. The monoisotopic (exact) mass is 464 g/mol. The molecule has 2 aliphatic rings. The van der Waals surface area contributed by atoms with Crippen molar-refractivity contribution >= 4 is 40.7 Å². The number of ether oxygens (including phenoxy) is 2. The first-order valence-electron chi connectivity index (χ1n) is 10.4. The lowest BCUT2D eigenvalue weighted by molar-refractivity contribution is -0.127. The summed E-state index contributed by atoms with van der Waals surface area (Å²) in [5.41, 5.74) is 0.601. The van der Waals surface area contributed by atoms with E-state index in [4.69, 9.17) is 9.15 Å². The SMILES string of the molecule is COC(=O)Nc1ccc2oc([C@]3(CN4Cc5ccc(OC)cc5C4=O)CC(=O)NC3=O)cc2n1. The number of nitrogens with zero attached hydrogens (tertiary/aromatic N) is 2. The fraction of sp³-hybridized carbons (Fsp3) is 0.261. The molecule has 2 aromatic heterocycles. The van der Waals surface area contributed by atoms with Gasteiger partial charge in [0.25, 0.3) is 5.91 Å². The lowest BCUT2D eigenvalue weighted by Gasteiger charge is -2.28. The molecule has 5 rings (SSSR count). The summed E-state index contributed by atoms with van der Waals surface area (Å²) in [6.45, 7) is 0.223. The highest BCUT2D eigenvalue weighted by Gasteiger charge is 2.53. The molecular weight excluding hydrogens is 444 g/mol. The van der Waals surface area contributed by atoms with Gasteiger partial charge in [-0.2, -0.15) is 0 Å². The smallest absolute Gasteiger partial charge is 0.412 e. The molecule has 2 aliphatic heterocycles. The molecule has 1 aromatic carbocycles. The summed E-state index contributed by atoms with van der Waals surface area (Å²) in [7, 11) is 2.75. The van der Waals surface area contributed by atoms with E-state index in [1.165, 1.54) is 25.2 Å². The first-order valence-corrected chi connectivity index (χ1v) is 10.4. The highest BCUT2D eigenvalue weighted by Crippen LogP contribution is 2.39. The summed E-state index contributed by atoms with van der Waals surface area (Å²) in [5.74, 6) is -0.291. The number of hydrogen-bond acceptors (Lipinski definition) is 8. The number of carbonyl (C=O) groups is 4. The number of rotatable bonds is 5. The van der Waals surface area contributed by atoms with E-state index in [0.717, 1.165) is 5.56 Å². The van der Waals surface area contributed by atoms with Crippen molar-refractivity contribution in [1.29, 1.82) is 0 Å². The van der Waals surface area contributed by atoms with Crippen molar-refractivity contribution in [1.82, 2.24) is 15.2 Å². The van der Waals surface area contributed by atoms with Gasteiger partial charge in [0.1, 0.15) is 28.3 Å². The van der Waals surface area contributed by atoms with Gasteiger partial charge in [0, 0.05) is 24.7 Å². The van der Waals surface area contributed by atoms with Gasteiger partial charge in [0.05, 0.1) is 20.6 Å². The Balaban J connectivity index is 1.50. The van der Waals surface area contributed by atoms with Crippen LogP contribution in [0, 0.1) is 0 Å². The summed E-state index contributed by atoms with van der Waals surface area (Å²) in [6, 6.07) is 9.88. The molecule has 2 N–H and O–H groups in total. The number of methoxy groups -OCH3 is 2. The third-order valence-corrected chi connectivity index (χ3v) is 6.07. The Kier molecular flexibility index (Phi) is 4.96. The van der Waals surface area contributed by atoms with Gasteiger partial charge in [-0.3, -0.25) is 25.0 Å². The largest absolute Gasteiger partial charge is 0.497 e. The maximum Gasteiger partial charge on any atom is 0.412 e. The van der Waals surface area contributed by atoms with Crippen molar-refractivity contribution < 1.29 is 33.1 Å². The molecule has 11 nitrogen and oxygen atoms in total. The van der Waals surface area contributed by atoms with E-state index in [-0.39, 0.29) is 37.0 Å². The number of imide groups is 1. The van der Waals surface area contributed by atoms with Gasteiger partial charge >= 0.3 is 6.09 Å². The fourth-order valence-electron chi connectivity index (χ4n) is 4.36. The molecule has 1 atom stereocenters. The van der Waals surface area contributed by atoms with E-state index in [1.807, 2.05) is 0 Å². The highest BCUT2D eigenvalue weighted by molar-refractivity contribution is 6.10. The number of benzene rings is 1. The molecule has 4 heterocycles. The fourth-order valence-corrected chi connectivity index (χ4v) is 4.36. The molecule has 174 valence electrons. The van der Waals surface area contributed by atoms with Crippen molar-refractivity contribution in [2.75, 3.05) is 26.1 Å². The molecule has 1 saturated heterocycles. The van der Waals surface area contributed by atoms with Gasteiger partial charge in [-0.05, 0) is 29.8 Å². The second-order valence-corrected chi connectivity index (χ2v) is 8.13. The Morgan fingerprint density at radius 2 is 2.03 bits per heavy atom. The maximum absolute atomic E-state index is 13.1. The van der Waals surface area contributed by atoms with Crippen LogP contribution in [0.2, 0.25) is 0 Å². The molecule has 0 spiro atoms. The number of anilines is 1. The quantitative estimate of drug-likeness (QED) is 0.546. The molecule has 0 saturated carbocycles. The van der Waals surface area contributed by atoms with E-state index < -0.39 is 23.3 Å². The summed E-state index contributed by atoms with van der Waals surface area (Å²) in [6.07, 6.45) is -0.862. The van der Waals surface area contributed by atoms with Gasteiger partial charge in [0.15, 0.2) is 5.58 Å². The third kappa shape index (κ3) is 3.41.